The summed E-state index contributed by atoms with van der Waals surface area (Å²) in [4.78, 5) is 0. The van der Waals surface area contributed by atoms with Gasteiger partial charge in [0, 0.05) is 0 Å². The number of rotatable bonds is 12. The molecule has 0 nitrogen and oxygen atoms in total. The van der Waals surface area contributed by atoms with Gasteiger partial charge in [-0.25, -0.2) is 0 Å². The van der Waals surface area contributed by atoms with E-state index in [1.165, 1.54) is 38.0 Å². The van der Waals surface area contributed by atoms with Gasteiger partial charge in [0.25, 0.3) is 0 Å². The molecule has 0 fully saturated rings. The van der Waals surface area contributed by atoms with Crippen molar-refractivity contribution in [1.82, 2.24) is 0 Å². The lowest BCUT2D eigenvalue weighted by atomic mass is 10.1. The van der Waals surface area contributed by atoms with Crippen LogP contribution in [0.15, 0.2) is 0 Å². The first-order valence-electron chi connectivity index (χ1n) is 8.44. The van der Waals surface area contributed by atoms with Crippen LogP contribution in [0.3, 0.4) is 0 Å². The van der Waals surface area contributed by atoms with E-state index in [1.54, 1.807) is 18.2 Å². The molecular weight excluding hydrogens is 266 g/mol. The normalized spacial score (nSPS) is 15.2. The van der Waals surface area contributed by atoms with Crippen molar-refractivity contribution in [2.75, 3.05) is 30.6 Å². The summed E-state index contributed by atoms with van der Waals surface area (Å²) in [7, 11) is 0.725. The van der Waals surface area contributed by atoms with Gasteiger partial charge in [-0.05, 0) is 55.2 Å². The first-order chi connectivity index (χ1) is 8.99. The Kier molecular flexibility index (Phi) is 13.2. The Bertz CT molecular complexity index is 170. The molecule has 2 heteroatoms. The van der Waals surface area contributed by atoms with Gasteiger partial charge in [-0.2, -0.15) is 0 Å². The maximum Gasteiger partial charge on any atom is -0.0121 e. The van der Waals surface area contributed by atoms with Crippen LogP contribution in [0.2, 0.25) is 0 Å². The summed E-state index contributed by atoms with van der Waals surface area (Å²) in [5.74, 6) is 3.41. The van der Waals surface area contributed by atoms with Crippen molar-refractivity contribution in [2.24, 2.45) is 11.8 Å². The molecular formula is C17H38P2. The Morgan fingerprint density at radius 1 is 0.684 bits per heavy atom. The second-order valence-electron chi connectivity index (χ2n) is 6.63. The first-order valence-corrected chi connectivity index (χ1v) is 12.2. The Balaban J connectivity index is 3.88. The molecule has 0 aliphatic carbocycles. The highest BCUT2D eigenvalue weighted by Gasteiger charge is 2.13. The van der Waals surface area contributed by atoms with E-state index in [2.05, 4.69) is 41.5 Å². The van der Waals surface area contributed by atoms with E-state index in [0.29, 0.717) is 15.8 Å². The number of hydrogen-bond donors (Lipinski definition) is 0. The van der Waals surface area contributed by atoms with Crippen LogP contribution >= 0.6 is 15.8 Å². The molecule has 0 amide bonds. The van der Waals surface area contributed by atoms with Crippen LogP contribution in [-0.4, -0.2) is 30.6 Å². The zero-order valence-corrected chi connectivity index (χ0v) is 16.2. The third kappa shape index (κ3) is 12.3. The predicted molar refractivity (Wildman–Crippen MR) is 97.7 cm³/mol. The summed E-state index contributed by atoms with van der Waals surface area (Å²) >= 11 is 0. The van der Waals surface area contributed by atoms with Crippen LogP contribution in [0.5, 0.6) is 0 Å². The Morgan fingerprint density at radius 3 is 1.32 bits per heavy atom. The largest absolute Gasteiger partial charge is 0.103 e. The molecule has 0 radical (unpaired) electrons. The first kappa shape index (κ1) is 19.9. The lowest BCUT2D eigenvalue weighted by Gasteiger charge is -2.23. The molecule has 0 aromatic rings. The Labute approximate surface area is 126 Å². The lowest BCUT2D eigenvalue weighted by Crippen LogP contribution is -1.99. The average Bonchev–Trinajstić information content (AvgIpc) is 2.34. The predicted octanol–water partition coefficient (Wildman–Crippen LogP) is 6.82. The van der Waals surface area contributed by atoms with Crippen LogP contribution in [-0.2, 0) is 0 Å². The molecule has 0 saturated heterocycles. The van der Waals surface area contributed by atoms with Crippen LogP contribution in [0, 0.1) is 11.8 Å². The minimum absolute atomic E-state index is 0.363. The van der Waals surface area contributed by atoms with Gasteiger partial charge in [-0.1, -0.05) is 54.4 Å². The summed E-state index contributed by atoms with van der Waals surface area (Å²) in [6, 6.07) is 0. The Hall–Kier alpha value is 0.860. The van der Waals surface area contributed by atoms with E-state index in [4.69, 9.17) is 0 Å². The second kappa shape index (κ2) is 12.6. The summed E-state index contributed by atoms with van der Waals surface area (Å²) in [5.41, 5.74) is 0. The lowest BCUT2D eigenvalue weighted by molar-refractivity contribution is 0.578. The molecule has 0 aliphatic rings. The van der Waals surface area contributed by atoms with Crippen molar-refractivity contribution in [1.29, 1.82) is 0 Å². The van der Waals surface area contributed by atoms with E-state index in [-0.39, 0.29) is 0 Å². The Morgan fingerprint density at radius 2 is 1.05 bits per heavy atom. The van der Waals surface area contributed by atoms with Crippen molar-refractivity contribution >= 4 is 15.8 Å². The van der Waals surface area contributed by atoms with Gasteiger partial charge in [-0.15, -0.1) is 15.8 Å². The van der Waals surface area contributed by atoms with Gasteiger partial charge in [0.2, 0.25) is 0 Å². The minimum Gasteiger partial charge on any atom is -0.103 e. The highest BCUT2D eigenvalue weighted by molar-refractivity contribution is 7.74. The zero-order chi connectivity index (χ0) is 14.7. The fourth-order valence-electron chi connectivity index (χ4n) is 2.39. The van der Waals surface area contributed by atoms with Crippen molar-refractivity contribution in [2.45, 2.75) is 67.2 Å². The third-order valence-electron chi connectivity index (χ3n) is 3.81. The molecule has 2 atom stereocenters. The number of hydrogen-bond acceptors (Lipinski definition) is 0. The fourth-order valence-corrected chi connectivity index (χ4v) is 9.27. The van der Waals surface area contributed by atoms with E-state index in [1.807, 2.05) is 0 Å². The molecule has 0 bridgehead atoms. The smallest absolute Gasteiger partial charge is 0.0121 e. The van der Waals surface area contributed by atoms with Gasteiger partial charge in [0.1, 0.15) is 0 Å². The quantitative estimate of drug-likeness (QED) is 0.347. The van der Waals surface area contributed by atoms with Crippen molar-refractivity contribution in [3.63, 3.8) is 0 Å². The minimum atomic E-state index is 0.363. The molecule has 0 aliphatic heterocycles. The van der Waals surface area contributed by atoms with Crippen LogP contribution in [0.25, 0.3) is 0 Å². The highest BCUT2D eigenvalue weighted by Crippen LogP contribution is 2.51. The second-order valence-corrected chi connectivity index (χ2v) is 12.6. The van der Waals surface area contributed by atoms with Crippen molar-refractivity contribution in [3.8, 4) is 0 Å². The monoisotopic (exact) mass is 304 g/mol. The maximum absolute atomic E-state index is 2.43. The summed E-state index contributed by atoms with van der Waals surface area (Å²) < 4.78 is 0. The molecule has 0 aromatic carbocycles. The van der Waals surface area contributed by atoms with E-state index < -0.39 is 0 Å². The molecule has 0 rings (SSSR count). The topological polar surface area (TPSA) is 0 Å². The van der Waals surface area contributed by atoms with Gasteiger partial charge in [0.15, 0.2) is 0 Å². The zero-order valence-electron chi connectivity index (χ0n) is 14.4. The van der Waals surface area contributed by atoms with Gasteiger partial charge >= 0.3 is 0 Å². The highest BCUT2D eigenvalue weighted by atomic mass is 31.2. The average molecular weight is 304 g/mol. The van der Waals surface area contributed by atoms with Crippen molar-refractivity contribution in [3.05, 3.63) is 0 Å². The molecule has 0 spiro atoms. The molecule has 2 unspecified atom stereocenters. The van der Waals surface area contributed by atoms with Crippen LogP contribution in [0.1, 0.15) is 67.2 Å². The molecule has 0 aromatic heterocycles. The van der Waals surface area contributed by atoms with Crippen LogP contribution < -0.4 is 0 Å². The fraction of sp³-hybridized carbons (Fsp3) is 1.00. The maximum atomic E-state index is 2.43. The SMILES string of the molecule is CCP(CCCC(C)C)CP(CC)CCCC(C)C. The van der Waals surface area contributed by atoms with Crippen molar-refractivity contribution < 1.29 is 0 Å². The van der Waals surface area contributed by atoms with Crippen LogP contribution in [0.4, 0.5) is 0 Å². The summed E-state index contributed by atoms with van der Waals surface area (Å²) in [5, 5.41) is 0. The standard InChI is InChI=1S/C17H38P2/c1-7-18(13-9-11-16(3)4)15-19(8-2)14-10-12-17(5)6/h16-17H,7-15H2,1-6H3. The van der Waals surface area contributed by atoms with Gasteiger partial charge in [0.05, 0.1) is 0 Å². The molecule has 0 saturated carbocycles. The van der Waals surface area contributed by atoms with E-state index in [9.17, 15) is 0 Å². The molecule has 19 heavy (non-hydrogen) atoms. The molecule has 0 N–H and O–H groups in total. The molecule has 116 valence electrons. The summed E-state index contributed by atoms with van der Waals surface area (Å²) in [6.07, 6.45) is 11.9. The third-order valence-corrected chi connectivity index (χ3v) is 10.7. The van der Waals surface area contributed by atoms with E-state index >= 15 is 0 Å². The van der Waals surface area contributed by atoms with Gasteiger partial charge < -0.3 is 0 Å². The molecule has 0 heterocycles. The van der Waals surface area contributed by atoms with Gasteiger partial charge in [-0.3, -0.25) is 0 Å². The van der Waals surface area contributed by atoms with E-state index in [0.717, 1.165) is 11.8 Å². The summed E-state index contributed by atoms with van der Waals surface area (Å²) in [6.45, 7) is 14.3.